The van der Waals surface area contributed by atoms with Crippen molar-refractivity contribution in [3.8, 4) is 0 Å². The smallest absolute Gasteiger partial charge is 0.0577 e. The van der Waals surface area contributed by atoms with E-state index >= 15 is 0 Å². The van der Waals surface area contributed by atoms with Crippen molar-refractivity contribution in [2.24, 2.45) is 0 Å². The number of aryl methyl sites for hydroxylation is 1. The molecular formula is C17H19Br2N. The number of nitrogens with one attached hydrogen (secondary N) is 1. The second-order valence-electron chi connectivity index (χ2n) is 4.79. The molecule has 0 saturated heterocycles. The van der Waals surface area contributed by atoms with Crippen LogP contribution in [0.4, 0.5) is 0 Å². The third kappa shape index (κ3) is 3.94. The van der Waals surface area contributed by atoms with Crippen molar-refractivity contribution < 1.29 is 0 Å². The average molecular weight is 397 g/mol. The minimum absolute atomic E-state index is 0.222. The maximum atomic E-state index is 3.57. The first-order chi connectivity index (χ1) is 9.63. The molecule has 0 spiro atoms. The van der Waals surface area contributed by atoms with E-state index in [0.717, 1.165) is 21.9 Å². The van der Waals surface area contributed by atoms with Crippen LogP contribution >= 0.6 is 31.9 Å². The van der Waals surface area contributed by atoms with E-state index in [0.29, 0.717) is 0 Å². The van der Waals surface area contributed by atoms with Gasteiger partial charge in [0.1, 0.15) is 0 Å². The van der Waals surface area contributed by atoms with E-state index in [4.69, 9.17) is 0 Å². The first kappa shape index (κ1) is 15.7. The lowest BCUT2D eigenvalue weighted by molar-refractivity contribution is 0.630. The molecule has 0 bridgehead atoms. The van der Waals surface area contributed by atoms with E-state index in [-0.39, 0.29) is 6.04 Å². The van der Waals surface area contributed by atoms with Crippen molar-refractivity contribution in [3.63, 3.8) is 0 Å². The van der Waals surface area contributed by atoms with Crippen molar-refractivity contribution in [3.05, 3.63) is 68.1 Å². The normalized spacial score (nSPS) is 12.4. The van der Waals surface area contributed by atoms with Gasteiger partial charge in [-0.25, -0.2) is 0 Å². The van der Waals surface area contributed by atoms with Crippen LogP contribution in [0.5, 0.6) is 0 Å². The highest BCUT2D eigenvalue weighted by Crippen LogP contribution is 2.28. The molecule has 1 nitrogen and oxygen atoms in total. The molecule has 2 aromatic carbocycles. The zero-order valence-corrected chi connectivity index (χ0v) is 15.0. The van der Waals surface area contributed by atoms with Crippen LogP contribution in [0.25, 0.3) is 0 Å². The van der Waals surface area contributed by atoms with Gasteiger partial charge in [0, 0.05) is 8.95 Å². The summed E-state index contributed by atoms with van der Waals surface area (Å²) in [6, 6.07) is 15.5. The van der Waals surface area contributed by atoms with Crippen LogP contribution in [0.3, 0.4) is 0 Å². The summed E-state index contributed by atoms with van der Waals surface area (Å²) in [6.45, 7) is 5.26. The predicted octanol–water partition coefficient (Wildman–Crippen LogP) is 5.47. The van der Waals surface area contributed by atoms with E-state index < -0.39 is 0 Å². The van der Waals surface area contributed by atoms with Crippen molar-refractivity contribution in [2.75, 3.05) is 6.54 Å². The van der Waals surface area contributed by atoms with Gasteiger partial charge >= 0.3 is 0 Å². The maximum absolute atomic E-state index is 3.57. The lowest BCUT2D eigenvalue weighted by Gasteiger charge is -2.20. The van der Waals surface area contributed by atoms with Gasteiger partial charge < -0.3 is 5.32 Å². The molecule has 0 aromatic heterocycles. The molecule has 2 rings (SSSR count). The Morgan fingerprint density at radius 3 is 2.00 bits per heavy atom. The molecule has 0 fully saturated rings. The number of hydrogen-bond acceptors (Lipinski definition) is 1. The van der Waals surface area contributed by atoms with Crippen molar-refractivity contribution >= 4 is 31.9 Å². The minimum atomic E-state index is 0.222. The van der Waals surface area contributed by atoms with Gasteiger partial charge in [-0.3, -0.25) is 0 Å². The molecular weight excluding hydrogens is 378 g/mol. The monoisotopic (exact) mass is 395 g/mol. The van der Waals surface area contributed by atoms with Gasteiger partial charge in [-0.1, -0.05) is 70.0 Å². The summed E-state index contributed by atoms with van der Waals surface area (Å²) in [4.78, 5) is 0. The lowest BCUT2D eigenvalue weighted by Crippen LogP contribution is -2.22. The van der Waals surface area contributed by atoms with Gasteiger partial charge in [0.05, 0.1) is 6.04 Å². The van der Waals surface area contributed by atoms with Crippen LogP contribution in [0.15, 0.2) is 51.4 Å². The Labute approximate surface area is 138 Å². The molecule has 1 N–H and O–H groups in total. The van der Waals surface area contributed by atoms with Crippen molar-refractivity contribution in [1.29, 1.82) is 0 Å². The lowest BCUT2D eigenvalue weighted by atomic mass is 9.97. The van der Waals surface area contributed by atoms with Crippen LogP contribution in [0, 0.1) is 0 Å². The summed E-state index contributed by atoms with van der Waals surface area (Å²) in [5.41, 5.74) is 3.94. The molecule has 3 heteroatoms. The van der Waals surface area contributed by atoms with Gasteiger partial charge in [-0.05, 0) is 47.9 Å². The Morgan fingerprint density at radius 1 is 0.900 bits per heavy atom. The van der Waals surface area contributed by atoms with Crippen LogP contribution in [0.2, 0.25) is 0 Å². The molecule has 0 aliphatic carbocycles. The summed E-state index contributed by atoms with van der Waals surface area (Å²) < 4.78 is 2.19. The first-order valence-corrected chi connectivity index (χ1v) is 8.50. The molecule has 0 radical (unpaired) electrons. The Balaban J connectivity index is 2.38. The van der Waals surface area contributed by atoms with Crippen molar-refractivity contribution in [2.45, 2.75) is 26.3 Å². The van der Waals surface area contributed by atoms with Gasteiger partial charge in [-0.15, -0.1) is 0 Å². The summed E-state index contributed by atoms with van der Waals surface area (Å²) in [5, 5.41) is 3.57. The van der Waals surface area contributed by atoms with E-state index in [1.807, 2.05) is 0 Å². The molecule has 2 aromatic rings. The van der Waals surface area contributed by atoms with Crippen LogP contribution in [-0.4, -0.2) is 6.54 Å². The number of hydrogen-bond donors (Lipinski definition) is 1. The highest BCUT2D eigenvalue weighted by Gasteiger charge is 2.14. The van der Waals surface area contributed by atoms with E-state index in [2.05, 4.69) is 93.5 Å². The first-order valence-electron chi connectivity index (χ1n) is 6.92. The zero-order valence-electron chi connectivity index (χ0n) is 11.8. The quantitative estimate of drug-likeness (QED) is 0.706. The van der Waals surface area contributed by atoms with Gasteiger partial charge in [0.2, 0.25) is 0 Å². The fourth-order valence-electron chi connectivity index (χ4n) is 2.32. The van der Waals surface area contributed by atoms with E-state index in [1.54, 1.807) is 0 Å². The van der Waals surface area contributed by atoms with Gasteiger partial charge in [0.25, 0.3) is 0 Å². The van der Waals surface area contributed by atoms with Gasteiger partial charge in [0.15, 0.2) is 0 Å². The standard InChI is InChI=1S/C17H19Br2N/c1-3-12-5-7-13(8-6-12)17(20-4-2)14-9-15(18)11-16(19)10-14/h5-11,17,20H,3-4H2,1-2H3. The Morgan fingerprint density at radius 2 is 1.50 bits per heavy atom. The Kier molecular flexibility index (Phi) is 5.82. The van der Waals surface area contributed by atoms with Crippen LogP contribution in [0.1, 0.15) is 36.6 Å². The fraction of sp³-hybridized carbons (Fsp3) is 0.294. The number of rotatable bonds is 5. The Bertz CT molecular complexity index is 543. The Hall–Kier alpha value is -0.640. The summed E-state index contributed by atoms with van der Waals surface area (Å²) in [6.07, 6.45) is 1.08. The molecule has 1 unspecified atom stereocenters. The topological polar surface area (TPSA) is 12.0 Å². The minimum Gasteiger partial charge on any atom is -0.307 e. The largest absolute Gasteiger partial charge is 0.307 e. The second kappa shape index (κ2) is 7.39. The highest BCUT2D eigenvalue weighted by atomic mass is 79.9. The molecule has 20 heavy (non-hydrogen) atoms. The number of benzene rings is 2. The van der Waals surface area contributed by atoms with E-state index in [1.165, 1.54) is 16.7 Å². The summed E-state index contributed by atoms with van der Waals surface area (Å²) in [5.74, 6) is 0. The molecule has 0 saturated carbocycles. The third-order valence-electron chi connectivity index (χ3n) is 3.35. The molecule has 0 aliphatic rings. The van der Waals surface area contributed by atoms with Crippen molar-refractivity contribution in [1.82, 2.24) is 5.32 Å². The summed E-state index contributed by atoms with van der Waals surface area (Å²) in [7, 11) is 0. The molecule has 1 atom stereocenters. The van der Waals surface area contributed by atoms with E-state index in [9.17, 15) is 0 Å². The average Bonchev–Trinajstić information content (AvgIpc) is 2.44. The van der Waals surface area contributed by atoms with Crippen LogP contribution < -0.4 is 5.32 Å². The predicted molar refractivity (Wildman–Crippen MR) is 93.2 cm³/mol. The zero-order chi connectivity index (χ0) is 14.5. The summed E-state index contributed by atoms with van der Waals surface area (Å²) >= 11 is 7.14. The molecule has 106 valence electrons. The number of halogens is 2. The van der Waals surface area contributed by atoms with Crippen LogP contribution in [-0.2, 0) is 6.42 Å². The molecule has 0 aliphatic heterocycles. The molecule has 0 amide bonds. The third-order valence-corrected chi connectivity index (χ3v) is 4.26. The molecule has 0 heterocycles. The fourth-order valence-corrected chi connectivity index (χ4v) is 3.65. The highest BCUT2D eigenvalue weighted by molar-refractivity contribution is 9.11. The SMILES string of the molecule is CCNC(c1ccc(CC)cc1)c1cc(Br)cc(Br)c1. The van der Waals surface area contributed by atoms with Gasteiger partial charge in [-0.2, -0.15) is 0 Å². The second-order valence-corrected chi connectivity index (χ2v) is 6.62. The maximum Gasteiger partial charge on any atom is 0.0577 e.